The van der Waals surface area contributed by atoms with Crippen molar-refractivity contribution < 1.29 is 13.2 Å². The molecule has 7 nitrogen and oxygen atoms in total. The van der Waals surface area contributed by atoms with E-state index in [4.69, 9.17) is 4.74 Å². The molecule has 0 saturated carbocycles. The third kappa shape index (κ3) is 4.06. The molecule has 27 heavy (non-hydrogen) atoms. The first-order valence-corrected chi connectivity index (χ1v) is 10.4. The van der Waals surface area contributed by atoms with Gasteiger partial charge in [0.1, 0.15) is 6.10 Å². The van der Waals surface area contributed by atoms with Gasteiger partial charge in [0.05, 0.1) is 23.8 Å². The van der Waals surface area contributed by atoms with Gasteiger partial charge in [-0.3, -0.25) is 4.98 Å². The maximum Gasteiger partial charge on any atom is 0.243 e. The lowest BCUT2D eigenvalue weighted by molar-refractivity contribution is 0.206. The van der Waals surface area contributed by atoms with Gasteiger partial charge in [-0.15, -0.1) is 0 Å². The number of aryl methyl sites for hydroxylation is 3. The molecule has 1 atom stereocenters. The highest BCUT2D eigenvalue weighted by Crippen LogP contribution is 2.28. The van der Waals surface area contributed by atoms with E-state index in [1.165, 1.54) is 4.31 Å². The van der Waals surface area contributed by atoms with E-state index in [1.807, 2.05) is 51.9 Å². The Morgan fingerprint density at radius 2 is 1.81 bits per heavy atom. The van der Waals surface area contributed by atoms with Crippen molar-refractivity contribution in [2.75, 3.05) is 32.1 Å². The molecule has 8 heteroatoms. The SMILES string of the molecule is Cc1cc(C)c(S(=O)(=O)N2CCC(Oc3cncc(N(C)C)n3)C2)c(C)c1. The fourth-order valence-corrected chi connectivity index (χ4v) is 5.39. The van der Waals surface area contributed by atoms with E-state index < -0.39 is 10.0 Å². The number of hydrogen-bond acceptors (Lipinski definition) is 6. The topological polar surface area (TPSA) is 75.6 Å². The van der Waals surface area contributed by atoms with E-state index in [0.717, 1.165) is 16.7 Å². The molecule has 2 heterocycles. The van der Waals surface area contributed by atoms with Gasteiger partial charge in [-0.2, -0.15) is 9.29 Å². The monoisotopic (exact) mass is 390 g/mol. The van der Waals surface area contributed by atoms with Crippen LogP contribution in [0.2, 0.25) is 0 Å². The molecular weight excluding hydrogens is 364 g/mol. The maximum atomic E-state index is 13.2. The van der Waals surface area contributed by atoms with E-state index in [-0.39, 0.29) is 6.10 Å². The summed E-state index contributed by atoms with van der Waals surface area (Å²) in [7, 11) is 0.203. The summed E-state index contributed by atoms with van der Waals surface area (Å²) in [5.41, 5.74) is 2.62. The molecule has 3 rings (SSSR count). The summed E-state index contributed by atoms with van der Waals surface area (Å²) in [5.74, 6) is 1.11. The van der Waals surface area contributed by atoms with Crippen LogP contribution in [0.15, 0.2) is 29.4 Å². The van der Waals surface area contributed by atoms with Gasteiger partial charge in [0.15, 0.2) is 5.82 Å². The second-order valence-electron chi connectivity index (χ2n) is 7.23. The van der Waals surface area contributed by atoms with Crippen LogP contribution < -0.4 is 9.64 Å². The molecule has 2 aromatic rings. The zero-order chi connectivity index (χ0) is 19.8. The lowest BCUT2D eigenvalue weighted by Crippen LogP contribution is -2.32. The summed E-state index contributed by atoms with van der Waals surface area (Å²) in [6.07, 6.45) is 3.59. The minimum Gasteiger partial charge on any atom is -0.472 e. The molecular formula is C19H26N4O3S. The van der Waals surface area contributed by atoms with Crippen LogP contribution in [0.4, 0.5) is 5.82 Å². The van der Waals surface area contributed by atoms with Crippen molar-refractivity contribution in [3.8, 4) is 5.88 Å². The van der Waals surface area contributed by atoms with E-state index in [1.54, 1.807) is 12.4 Å². The first-order chi connectivity index (χ1) is 12.7. The Kier molecular flexibility index (Phi) is 5.39. The second-order valence-corrected chi connectivity index (χ2v) is 9.10. The third-order valence-electron chi connectivity index (χ3n) is 4.66. The third-order valence-corrected chi connectivity index (χ3v) is 6.83. The number of hydrogen-bond donors (Lipinski definition) is 0. The highest BCUT2D eigenvalue weighted by atomic mass is 32.2. The van der Waals surface area contributed by atoms with Crippen LogP contribution >= 0.6 is 0 Å². The lowest BCUT2D eigenvalue weighted by Gasteiger charge is -2.20. The average Bonchev–Trinajstić information content (AvgIpc) is 3.03. The molecule has 0 bridgehead atoms. The molecule has 0 spiro atoms. The minimum atomic E-state index is -3.55. The fraction of sp³-hybridized carbons (Fsp3) is 0.474. The number of rotatable bonds is 5. The largest absolute Gasteiger partial charge is 0.472 e. The number of aromatic nitrogens is 2. The van der Waals surface area contributed by atoms with Gasteiger partial charge in [-0.05, 0) is 38.3 Å². The Morgan fingerprint density at radius 1 is 1.15 bits per heavy atom. The van der Waals surface area contributed by atoms with Crippen LogP contribution in [0.5, 0.6) is 5.88 Å². The van der Waals surface area contributed by atoms with Crippen molar-refractivity contribution in [1.29, 1.82) is 0 Å². The fourth-order valence-electron chi connectivity index (χ4n) is 3.50. The summed E-state index contributed by atoms with van der Waals surface area (Å²) in [4.78, 5) is 10.8. The Hall–Kier alpha value is -2.19. The number of anilines is 1. The predicted molar refractivity (Wildman–Crippen MR) is 105 cm³/mol. The molecule has 0 radical (unpaired) electrons. The van der Waals surface area contributed by atoms with Crippen LogP contribution in [-0.2, 0) is 10.0 Å². The highest BCUT2D eigenvalue weighted by Gasteiger charge is 2.35. The van der Waals surface area contributed by atoms with Crippen LogP contribution in [0, 0.1) is 20.8 Å². The van der Waals surface area contributed by atoms with E-state index in [9.17, 15) is 8.42 Å². The second kappa shape index (κ2) is 7.44. The van der Waals surface area contributed by atoms with Gasteiger partial charge >= 0.3 is 0 Å². The summed E-state index contributed by atoms with van der Waals surface area (Å²) in [5, 5.41) is 0. The van der Waals surface area contributed by atoms with Crippen molar-refractivity contribution in [3.05, 3.63) is 41.2 Å². The van der Waals surface area contributed by atoms with E-state index >= 15 is 0 Å². The van der Waals surface area contributed by atoms with Crippen molar-refractivity contribution in [3.63, 3.8) is 0 Å². The smallest absolute Gasteiger partial charge is 0.243 e. The van der Waals surface area contributed by atoms with Gasteiger partial charge in [-0.25, -0.2) is 8.42 Å². The molecule has 146 valence electrons. The first kappa shape index (κ1) is 19.6. The van der Waals surface area contributed by atoms with Gasteiger partial charge in [0, 0.05) is 20.6 Å². The summed E-state index contributed by atoms with van der Waals surface area (Å²) < 4.78 is 33.7. The molecule has 1 fully saturated rings. The van der Waals surface area contributed by atoms with Crippen LogP contribution in [0.3, 0.4) is 0 Å². The van der Waals surface area contributed by atoms with Crippen LogP contribution in [0.25, 0.3) is 0 Å². The van der Waals surface area contributed by atoms with Gasteiger partial charge in [0.25, 0.3) is 0 Å². The molecule has 1 aliphatic rings. The van der Waals surface area contributed by atoms with E-state index in [2.05, 4.69) is 9.97 Å². The molecule has 0 N–H and O–H groups in total. The molecule has 1 unspecified atom stereocenters. The zero-order valence-corrected chi connectivity index (χ0v) is 17.2. The van der Waals surface area contributed by atoms with Gasteiger partial charge in [-0.1, -0.05) is 17.7 Å². The Labute approximate surface area is 161 Å². The normalized spacial score (nSPS) is 17.9. The number of nitrogens with zero attached hydrogens (tertiary/aromatic N) is 4. The minimum absolute atomic E-state index is 0.238. The molecule has 1 saturated heterocycles. The maximum absolute atomic E-state index is 13.2. The number of sulfonamides is 1. The first-order valence-electron chi connectivity index (χ1n) is 8.92. The Bertz CT molecular complexity index is 921. The highest BCUT2D eigenvalue weighted by molar-refractivity contribution is 7.89. The quantitative estimate of drug-likeness (QED) is 0.780. The Morgan fingerprint density at radius 3 is 2.44 bits per heavy atom. The summed E-state index contributed by atoms with van der Waals surface area (Å²) >= 11 is 0. The molecule has 1 aliphatic heterocycles. The molecule has 0 amide bonds. The van der Waals surface area contributed by atoms with Crippen LogP contribution in [-0.4, -0.2) is 56.0 Å². The summed E-state index contributed by atoms with van der Waals surface area (Å²) in [6.45, 7) is 6.40. The Balaban J connectivity index is 1.77. The van der Waals surface area contributed by atoms with E-state index in [0.29, 0.717) is 36.1 Å². The summed E-state index contributed by atoms with van der Waals surface area (Å²) in [6, 6.07) is 3.82. The van der Waals surface area contributed by atoms with Crippen molar-refractivity contribution in [1.82, 2.24) is 14.3 Å². The van der Waals surface area contributed by atoms with Crippen molar-refractivity contribution in [2.24, 2.45) is 0 Å². The number of ether oxygens (including phenoxy) is 1. The molecule has 1 aromatic carbocycles. The van der Waals surface area contributed by atoms with Gasteiger partial charge < -0.3 is 9.64 Å². The lowest BCUT2D eigenvalue weighted by atomic mass is 10.1. The van der Waals surface area contributed by atoms with Crippen LogP contribution in [0.1, 0.15) is 23.1 Å². The average molecular weight is 391 g/mol. The van der Waals surface area contributed by atoms with Crippen molar-refractivity contribution in [2.45, 2.75) is 38.2 Å². The zero-order valence-electron chi connectivity index (χ0n) is 16.4. The molecule has 1 aromatic heterocycles. The number of benzene rings is 1. The standard InChI is InChI=1S/C19H26N4O3S/c1-13-8-14(2)19(15(3)9-13)27(24,25)23-7-6-16(12-23)26-18-11-20-10-17(21-18)22(4)5/h8-11,16H,6-7,12H2,1-5H3. The van der Waals surface area contributed by atoms with Crippen molar-refractivity contribution >= 4 is 15.8 Å². The van der Waals surface area contributed by atoms with Gasteiger partial charge in [0.2, 0.25) is 15.9 Å². The molecule has 0 aliphatic carbocycles. The predicted octanol–water partition coefficient (Wildman–Crippen LogP) is 2.31.